The average molecular weight is 245 g/mol. The Kier molecular flexibility index (Phi) is 3.50. The van der Waals surface area contributed by atoms with Crippen LogP contribution < -0.4 is 5.32 Å². The van der Waals surface area contributed by atoms with Crippen molar-refractivity contribution in [2.24, 2.45) is 11.8 Å². The van der Waals surface area contributed by atoms with Gasteiger partial charge >= 0.3 is 0 Å². The van der Waals surface area contributed by atoms with Crippen molar-refractivity contribution in [2.75, 3.05) is 25.0 Å². The molecule has 0 aromatic carbocycles. The number of hydrogen-bond acceptors (Lipinski definition) is 3. The van der Waals surface area contributed by atoms with Crippen LogP contribution in [0.25, 0.3) is 0 Å². The van der Waals surface area contributed by atoms with E-state index in [2.05, 4.69) is 34.3 Å². The lowest BCUT2D eigenvalue weighted by Crippen LogP contribution is -2.21. The number of aromatic nitrogens is 1. The molecule has 3 rings (SSSR count). The van der Waals surface area contributed by atoms with Crippen molar-refractivity contribution in [1.82, 2.24) is 9.88 Å². The van der Waals surface area contributed by atoms with Gasteiger partial charge in [0.25, 0.3) is 0 Å². The van der Waals surface area contributed by atoms with Gasteiger partial charge in [-0.05, 0) is 49.3 Å². The van der Waals surface area contributed by atoms with Crippen molar-refractivity contribution in [1.29, 1.82) is 0 Å². The first-order valence-electron chi connectivity index (χ1n) is 7.26. The van der Waals surface area contributed by atoms with Crippen molar-refractivity contribution < 1.29 is 0 Å². The van der Waals surface area contributed by atoms with Crippen molar-refractivity contribution in [3.63, 3.8) is 0 Å². The van der Waals surface area contributed by atoms with Crippen LogP contribution in [0.1, 0.15) is 31.7 Å². The quantitative estimate of drug-likeness (QED) is 0.884. The van der Waals surface area contributed by atoms with Gasteiger partial charge in [-0.1, -0.05) is 6.42 Å². The van der Waals surface area contributed by atoms with Crippen molar-refractivity contribution >= 4 is 5.82 Å². The number of rotatable bonds is 4. The van der Waals surface area contributed by atoms with Crippen LogP contribution in [-0.2, 0) is 6.54 Å². The number of pyridine rings is 1. The molecule has 0 spiro atoms. The Morgan fingerprint density at radius 2 is 2.11 bits per heavy atom. The number of fused-ring (bicyclic) bond motifs is 1. The molecule has 1 N–H and O–H groups in total. The van der Waals surface area contributed by atoms with Crippen LogP contribution in [0.5, 0.6) is 0 Å². The summed E-state index contributed by atoms with van der Waals surface area (Å²) in [7, 11) is 0. The highest BCUT2D eigenvalue weighted by molar-refractivity contribution is 5.37. The summed E-state index contributed by atoms with van der Waals surface area (Å²) in [5.41, 5.74) is 1.39. The standard InChI is InChI=1S/C15H23N3/c1-2-16-15-8-12(6-7-17-15)9-18-10-13-4-3-5-14(13)11-18/h6-8,13-14H,2-5,9-11H2,1H3,(H,16,17). The van der Waals surface area contributed by atoms with E-state index < -0.39 is 0 Å². The van der Waals surface area contributed by atoms with E-state index in [0.717, 1.165) is 30.7 Å². The smallest absolute Gasteiger partial charge is 0.126 e. The molecule has 0 amide bonds. The van der Waals surface area contributed by atoms with Gasteiger partial charge in [-0.2, -0.15) is 0 Å². The molecule has 0 bridgehead atoms. The molecule has 1 saturated heterocycles. The summed E-state index contributed by atoms with van der Waals surface area (Å²) < 4.78 is 0. The molecular weight excluding hydrogens is 222 g/mol. The summed E-state index contributed by atoms with van der Waals surface area (Å²) in [5.74, 6) is 2.98. The van der Waals surface area contributed by atoms with Gasteiger partial charge in [-0.15, -0.1) is 0 Å². The van der Waals surface area contributed by atoms with Crippen molar-refractivity contribution in [2.45, 2.75) is 32.7 Å². The van der Waals surface area contributed by atoms with Gasteiger partial charge in [-0.25, -0.2) is 4.98 Å². The van der Waals surface area contributed by atoms with Gasteiger partial charge in [0.15, 0.2) is 0 Å². The molecular formula is C15H23N3. The molecule has 1 aromatic rings. The van der Waals surface area contributed by atoms with Crippen LogP contribution in [0.4, 0.5) is 5.82 Å². The maximum atomic E-state index is 4.33. The molecule has 2 aliphatic rings. The highest BCUT2D eigenvalue weighted by Crippen LogP contribution is 2.38. The van der Waals surface area contributed by atoms with E-state index in [0.29, 0.717) is 0 Å². The zero-order chi connectivity index (χ0) is 12.4. The van der Waals surface area contributed by atoms with E-state index in [9.17, 15) is 0 Å². The third-order valence-electron chi connectivity index (χ3n) is 4.39. The molecule has 2 heterocycles. The van der Waals surface area contributed by atoms with Gasteiger partial charge in [0, 0.05) is 32.4 Å². The van der Waals surface area contributed by atoms with Gasteiger partial charge < -0.3 is 5.32 Å². The van der Waals surface area contributed by atoms with E-state index in [4.69, 9.17) is 0 Å². The summed E-state index contributed by atoms with van der Waals surface area (Å²) in [6, 6.07) is 4.34. The lowest BCUT2D eigenvalue weighted by Gasteiger charge is -2.17. The molecule has 1 aliphatic heterocycles. The summed E-state index contributed by atoms with van der Waals surface area (Å²) in [6.07, 6.45) is 6.30. The highest BCUT2D eigenvalue weighted by atomic mass is 15.2. The molecule has 2 fully saturated rings. The Hall–Kier alpha value is -1.09. The van der Waals surface area contributed by atoms with E-state index in [1.165, 1.54) is 37.9 Å². The fourth-order valence-electron chi connectivity index (χ4n) is 3.57. The predicted octanol–water partition coefficient (Wildman–Crippen LogP) is 2.75. The monoisotopic (exact) mass is 245 g/mol. The predicted molar refractivity (Wildman–Crippen MR) is 74.5 cm³/mol. The van der Waals surface area contributed by atoms with Crippen LogP contribution in [0.2, 0.25) is 0 Å². The number of anilines is 1. The van der Waals surface area contributed by atoms with Crippen molar-refractivity contribution in [3.8, 4) is 0 Å². The van der Waals surface area contributed by atoms with Crippen LogP contribution in [0.3, 0.4) is 0 Å². The van der Waals surface area contributed by atoms with Gasteiger partial charge in [0.1, 0.15) is 5.82 Å². The van der Waals surface area contributed by atoms with Crippen LogP contribution in [-0.4, -0.2) is 29.5 Å². The van der Waals surface area contributed by atoms with E-state index in [1.807, 2.05) is 6.20 Å². The first kappa shape index (κ1) is 12.0. The second-order valence-electron chi connectivity index (χ2n) is 5.72. The van der Waals surface area contributed by atoms with Crippen molar-refractivity contribution in [3.05, 3.63) is 23.9 Å². The maximum absolute atomic E-state index is 4.33. The first-order chi connectivity index (χ1) is 8.85. The lowest BCUT2D eigenvalue weighted by atomic mass is 10.0. The Bertz CT molecular complexity index is 392. The van der Waals surface area contributed by atoms with Crippen LogP contribution >= 0.6 is 0 Å². The third-order valence-corrected chi connectivity index (χ3v) is 4.39. The van der Waals surface area contributed by atoms with Gasteiger partial charge in [0.05, 0.1) is 0 Å². The Morgan fingerprint density at radius 1 is 1.33 bits per heavy atom. The normalized spacial score (nSPS) is 27.4. The number of hydrogen-bond donors (Lipinski definition) is 1. The number of nitrogens with one attached hydrogen (secondary N) is 1. The zero-order valence-corrected chi connectivity index (χ0v) is 11.2. The summed E-state index contributed by atoms with van der Waals surface area (Å²) in [4.78, 5) is 6.96. The maximum Gasteiger partial charge on any atom is 0.126 e. The fourth-order valence-corrected chi connectivity index (χ4v) is 3.57. The minimum Gasteiger partial charge on any atom is -0.370 e. The molecule has 18 heavy (non-hydrogen) atoms. The Labute approximate surface area is 110 Å². The zero-order valence-electron chi connectivity index (χ0n) is 11.2. The van der Waals surface area contributed by atoms with Gasteiger partial charge in [-0.3, -0.25) is 4.90 Å². The fraction of sp³-hybridized carbons (Fsp3) is 0.667. The highest BCUT2D eigenvalue weighted by Gasteiger charge is 2.35. The third kappa shape index (κ3) is 2.51. The van der Waals surface area contributed by atoms with E-state index in [-0.39, 0.29) is 0 Å². The molecule has 1 aromatic heterocycles. The summed E-state index contributed by atoms with van der Waals surface area (Å²) in [6.45, 7) is 6.75. The molecule has 1 aliphatic carbocycles. The molecule has 2 unspecified atom stereocenters. The molecule has 0 radical (unpaired) electrons. The molecule has 3 heteroatoms. The summed E-state index contributed by atoms with van der Waals surface area (Å²) >= 11 is 0. The second-order valence-corrected chi connectivity index (χ2v) is 5.72. The largest absolute Gasteiger partial charge is 0.370 e. The Morgan fingerprint density at radius 3 is 2.83 bits per heavy atom. The Balaban J connectivity index is 1.61. The van der Waals surface area contributed by atoms with E-state index >= 15 is 0 Å². The lowest BCUT2D eigenvalue weighted by molar-refractivity contribution is 0.303. The SMILES string of the molecule is CCNc1cc(CN2CC3CCCC3C2)ccn1. The minimum absolute atomic E-state index is 0.935. The molecule has 1 saturated carbocycles. The molecule has 3 nitrogen and oxygen atoms in total. The minimum atomic E-state index is 0.935. The first-order valence-corrected chi connectivity index (χ1v) is 7.26. The molecule has 98 valence electrons. The van der Waals surface area contributed by atoms with Crippen LogP contribution in [0, 0.1) is 11.8 Å². The molecule has 2 atom stereocenters. The van der Waals surface area contributed by atoms with Gasteiger partial charge in [0.2, 0.25) is 0 Å². The number of nitrogens with zero attached hydrogens (tertiary/aromatic N) is 2. The second kappa shape index (κ2) is 5.27. The number of likely N-dealkylation sites (tertiary alicyclic amines) is 1. The van der Waals surface area contributed by atoms with E-state index in [1.54, 1.807) is 0 Å². The van der Waals surface area contributed by atoms with Crippen LogP contribution in [0.15, 0.2) is 18.3 Å². The average Bonchev–Trinajstić information content (AvgIpc) is 2.90. The summed E-state index contributed by atoms with van der Waals surface area (Å²) in [5, 5.41) is 3.28. The topological polar surface area (TPSA) is 28.2 Å².